The quantitative estimate of drug-likeness (QED) is 0.494. The van der Waals surface area contributed by atoms with Gasteiger partial charge in [0.1, 0.15) is 11.5 Å². The maximum Gasteiger partial charge on any atom is 0.243 e. The van der Waals surface area contributed by atoms with Crippen molar-refractivity contribution in [2.24, 2.45) is 0 Å². The van der Waals surface area contributed by atoms with Crippen LogP contribution in [-0.4, -0.2) is 31.8 Å². The lowest BCUT2D eigenvalue weighted by Gasteiger charge is -2.21. The SMILES string of the molecule is CCOc1ccc(S(=O)(=O)N(CC(=O)NCc2ccc(Cl)cc2)Cc2ccco2)cc1. The van der Waals surface area contributed by atoms with Crippen molar-refractivity contribution >= 4 is 27.5 Å². The number of ether oxygens (including phenoxy) is 1. The molecule has 0 saturated heterocycles. The Kier molecular flexibility index (Phi) is 7.73. The Bertz CT molecular complexity index is 1080. The van der Waals surface area contributed by atoms with Crippen LogP contribution in [0.2, 0.25) is 5.02 Å². The Hall–Kier alpha value is -2.81. The third-order valence-electron chi connectivity index (χ3n) is 4.41. The first-order valence-electron chi connectivity index (χ1n) is 9.65. The van der Waals surface area contributed by atoms with Crippen LogP contribution in [0.1, 0.15) is 18.2 Å². The average Bonchev–Trinajstić information content (AvgIpc) is 3.27. The van der Waals surface area contributed by atoms with Crippen molar-refractivity contribution in [3.05, 3.63) is 83.3 Å². The molecule has 1 amide bonds. The molecule has 0 fully saturated rings. The second-order valence-corrected chi connectivity index (χ2v) is 9.03. The van der Waals surface area contributed by atoms with Gasteiger partial charge in [-0.25, -0.2) is 8.42 Å². The molecular weight excluding hydrogens is 440 g/mol. The molecule has 0 saturated carbocycles. The molecule has 0 unspecified atom stereocenters. The van der Waals surface area contributed by atoms with Crippen LogP contribution in [0.3, 0.4) is 0 Å². The molecule has 7 nitrogen and oxygen atoms in total. The van der Waals surface area contributed by atoms with Crippen LogP contribution in [0.25, 0.3) is 0 Å². The highest BCUT2D eigenvalue weighted by Gasteiger charge is 2.27. The number of benzene rings is 2. The molecule has 3 aromatic rings. The first-order chi connectivity index (χ1) is 14.9. The summed E-state index contributed by atoms with van der Waals surface area (Å²) in [6.45, 7) is 2.15. The Morgan fingerprint density at radius 2 is 1.81 bits per heavy atom. The van der Waals surface area contributed by atoms with Gasteiger partial charge in [-0.3, -0.25) is 4.79 Å². The summed E-state index contributed by atoms with van der Waals surface area (Å²) in [4.78, 5) is 12.6. The highest BCUT2D eigenvalue weighted by Crippen LogP contribution is 2.21. The largest absolute Gasteiger partial charge is 0.494 e. The number of rotatable bonds is 10. The molecule has 1 N–H and O–H groups in total. The summed E-state index contributed by atoms with van der Waals surface area (Å²) in [5.41, 5.74) is 0.852. The lowest BCUT2D eigenvalue weighted by Crippen LogP contribution is -2.40. The molecule has 1 heterocycles. The maximum atomic E-state index is 13.2. The number of amides is 1. The Morgan fingerprint density at radius 1 is 1.10 bits per heavy atom. The lowest BCUT2D eigenvalue weighted by molar-refractivity contribution is -0.121. The smallest absolute Gasteiger partial charge is 0.243 e. The van der Waals surface area contributed by atoms with E-state index in [9.17, 15) is 13.2 Å². The fraction of sp³-hybridized carbons (Fsp3) is 0.227. The number of hydrogen-bond donors (Lipinski definition) is 1. The zero-order valence-corrected chi connectivity index (χ0v) is 18.5. The number of nitrogens with zero attached hydrogens (tertiary/aromatic N) is 1. The Balaban J connectivity index is 1.75. The predicted octanol–water partition coefficient (Wildman–Crippen LogP) is 3.84. The fourth-order valence-electron chi connectivity index (χ4n) is 2.84. The van der Waals surface area contributed by atoms with E-state index in [1.54, 1.807) is 48.5 Å². The van der Waals surface area contributed by atoms with Crippen molar-refractivity contribution in [3.63, 3.8) is 0 Å². The lowest BCUT2D eigenvalue weighted by atomic mass is 10.2. The summed E-state index contributed by atoms with van der Waals surface area (Å²) < 4.78 is 38.2. The first kappa shape index (κ1) is 22.9. The van der Waals surface area contributed by atoms with Crippen molar-refractivity contribution < 1.29 is 22.4 Å². The minimum absolute atomic E-state index is 0.0630. The van der Waals surface area contributed by atoms with E-state index < -0.39 is 15.9 Å². The highest BCUT2D eigenvalue weighted by atomic mass is 35.5. The minimum atomic E-state index is -3.95. The molecule has 0 radical (unpaired) electrons. The van der Waals surface area contributed by atoms with Crippen molar-refractivity contribution in [3.8, 4) is 5.75 Å². The second-order valence-electron chi connectivity index (χ2n) is 6.66. The zero-order chi connectivity index (χ0) is 22.3. The van der Waals surface area contributed by atoms with Gasteiger partial charge >= 0.3 is 0 Å². The van der Waals surface area contributed by atoms with Crippen LogP contribution in [0.15, 0.2) is 76.2 Å². The van der Waals surface area contributed by atoms with E-state index in [-0.39, 0.29) is 24.5 Å². The van der Waals surface area contributed by atoms with Gasteiger partial charge in [-0.05, 0) is 61.0 Å². The molecule has 0 aliphatic carbocycles. The number of sulfonamides is 1. The van der Waals surface area contributed by atoms with Gasteiger partial charge in [0.25, 0.3) is 0 Å². The van der Waals surface area contributed by atoms with Crippen LogP contribution >= 0.6 is 11.6 Å². The van der Waals surface area contributed by atoms with Crippen molar-refractivity contribution in [2.75, 3.05) is 13.2 Å². The molecule has 0 aliphatic rings. The molecule has 0 aliphatic heterocycles. The topological polar surface area (TPSA) is 88.9 Å². The van der Waals surface area contributed by atoms with Gasteiger partial charge in [0.05, 0.1) is 30.9 Å². The number of carbonyl (C=O) groups excluding carboxylic acids is 1. The normalized spacial score (nSPS) is 11.5. The minimum Gasteiger partial charge on any atom is -0.494 e. The summed E-state index contributed by atoms with van der Waals surface area (Å²) >= 11 is 5.87. The summed E-state index contributed by atoms with van der Waals surface area (Å²) in [7, 11) is -3.95. The highest BCUT2D eigenvalue weighted by molar-refractivity contribution is 7.89. The van der Waals surface area contributed by atoms with Crippen LogP contribution in [-0.2, 0) is 27.9 Å². The van der Waals surface area contributed by atoms with Crippen molar-refractivity contribution in [1.29, 1.82) is 0 Å². The molecule has 0 spiro atoms. The molecule has 3 rings (SSSR count). The first-order valence-corrected chi connectivity index (χ1v) is 11.5. The summed E-state index contributed by atoms with van der Waals surface area (Å²) in [6, 6.07) is 16.4. The van der Waals surface area contributed by atoms with Gasteiger partial charge in [-0.15, -0.1) is 0 Å². The zero-order valence-electron chi connectivity index (χ0n) is 17.0. The summed E-state index contributed by atoms with van der Waals surface area (Å²) in [5.74, 6) is 0.566. The Morgan fingerprint density at radius 3 is 2.42 bits per heavy atom. The van der Waals surface area contributed by atoms with Crippen LogP contribution in [0.5, 0.6) is 5.75 Å². The molecule has 9 heteroatoms. The number of carbonyl (C=O) groups is 1. The fourth-order valence-corrected chi connectivity index (χ4v) is 4.33. The van der Waals surface area contributed by atoms with Gasteiger partial charge in [0.15, 0.2) is 0 Å². The van der Waals surface area contributed by atoms with Gasteiger partial charge < -0.3 is 14.5 Å². The standard InChI is InChI=1S/C22H23ClN2O5S/c1-2-29-19-9-11-21(12-10-19)31(27,28)25(15-20-4-3-13-30-20)16-22(26)24-14-17-5-7-18(23)8-6-17/h3-13H,2,14-16H2,1H3,(H,24,26). The van der Waals surface area contributed by atoms with E-state index in [0.29, 0.717) is 23.1 Å². The van der Waals surface area contributed by atoms with Crippen LogP contribution < -0.4 is 10.1 Å². The molecule has 1 aromatic heterocycles. The summed E-state index contributed by atoms with van der Waals surface area (Å²) in [6.07, 6.45) is 1.46. The number of nitrogens with one attached hydrogen (secondary N) is 1. The van der Waals surface area contributed by atoms with E-state index in [0.717, 1.165) is 9.87 Å². The third kappa shape index (κ3) is 6.33. The van der Waals surface area contributed by atoms with E-state index in [2.05, 4.69) is 5.32 Å². The number of furan rings is 1. The van der Waals surface area contributed by atoms with E-state index in [1.165, 1.54) is 18.4 Å². The van der Waals surface area contributed by atoms with Gasteiger partial charge in [-0.1, -0.05) is 23.7 Å². The molecule has 0 bridgehead atoms. The van der Waals surface area contributed by atoms with E-state index in [4.69, 9.17) is 20.8 Å². The van der Waals surface area contributed by atoms with Crippen molar-refractivity contribution in [1.82, 2.24) is 9.62 Å². The maximum absolute atomic E-state index is 13.2. The van der Waals surface area contributed by atoms with Crippen molar-refractivity contribution in [2.45, 2.75) is 24.9 Å². The van der Waals surface area contributed by atoms with Gasteiger partial charge in [-0.2, -0.15) is 4.31 Å². The molecule has 164 valence electrons. The number of halogens is 1. The Labute approximate surface area is 186 Å². The van der Waals surface area contributed by atoms with E-state index in [1.807, 2.05) is 6.92 Å². The molecule has 31 heavy (non-hydrogen) atoms. The molecule has 2 aromatic carbocycles. The summed E-state index contributed by atoms with van der Waals surface area (Å²) in [5, 5.41) is 3.34. The van der Waals surface area contributed by atoms with Crippen LogP contribution in [0.4, 0.5) is 0 Å². The van der Waals surface area contributed by atoms with Crippen LogP contribution in [0, 0.1) is 0 Å². The number of hydrogen-bond acceptors (Lipinski definition) is 5. The average molecular weight is 463 g/mol. The van der Waals surface area contributed by atoms with Gasteiger partial charge in [0, 0.05) is 11.6 Å². The molecular formula is C22H23ClN2O5S. The van der Waals surface area contributed by atoms with E-state index >= 15 is 0 Å². The van der Waals surface area contributed by atoms with Gasteiger partial charge in [0.2, 0.25) is 15.9 Å². The predicted molar refractivity (Wildman–Crippen MR) is 117 cm³/mol. The molecule has 0 atom stereocenters. The second kappa shape index (κ2) is 10.5. The third-order valence-corrected chi connectivity index (χ3v) is 6.47. The monoisotopic (exact) mass is 462 g/mol.